The molecule has 0 amide bonds. The van der Waals surface area contributed by atoms with Gasteiger partial charge in [0.2, 0.25) is 0 Å². The molecule has 0 N–H and O–H groups in total. The third-order valence-corrected chi connectivity index (χ3v) is 8.71. The van der Waals surface area contributed by atoms with E-state index in [1.165, 1.54) is 30.3 Å². The number of rotatable bonds is 8. The van der Waals surface area contributed by atoms with E-state index >= 15 is 0 Å². The summed E-state index contributed by atoms with van der Waals surface area (Å²) < 4.78 is 137. The van der Waals surface area contributed by atoms with Crippen molar-refractivity contribution in [2.24, 2.45) is 0 Å². The van der Waals surface area contributed by atoms with Gasteiger partial charge in [-0.15, -0.1) is 0 Å². The van der Waals surface area contributed by atoms with Gasteiger partial charge in [-0.25, -0.2) is 17.2 Å². The Bertz CT molecular complexity index is 1960. The maximum Gasteiger partial charge on any atom is 0.417 e. The molecule has 0 aliphatic rings. The molecule has 0 aliphatic heterocycles. The second kappa shape index (κ2) is 12.5. The molecule has 14 heteroatoms. The van der Waals surface area contributed by atoms with Crippen molar-refractivity contribution in [3.8, 4) is 28.5 Å². The van der Waals surface area contributed by atoms with Gasteiger partial charge in [0.1, 0.15) is 23.3 Å². The van der Waals surface area contributed by atoms with Crippen LogP contribution in [0.25, 0.3) is 22.4 Å². The lowest BCUT2D eigenvalue weighted by molar-refractivity contribution is -0.138. The highest BCUT2D eigenvalue weighted by atomic mass is 32.2. The summed E-state index contributed by atoms with van der Waals surface area (Å²) in [6.45, 7) is 1.03. The number of unbranched alkanes of at least 4 members (excludes halogenated alkanes) is 1. The van der Waals surface area contributed by atoms with Crippen molar-refractivity contribution >= 4 is 9.84 Å². The molecule has 1 aromatic heterocycles. The second-order valence-corrected chi connectivity index (χ2v) is 12.2. The zero-order valence-electron chi connectivity index (χ0n) is 23.2. The summed E-state index contributed by atoms with van der Waals surface area (Å²) in [4.78, 5) is 12.6. The molecule has 0 fully saturated rings. The molecular weight excluding hydrogens is 632 g/mol. The van der Waals surface area contributed by atoms with Gasteiger partial charge in [0, 0.05) is 11.6 Å². The lowest BCUT2D eigenvalue weighted by atomic mass is 9.99. The van der Waals surface area contributed by atoms with Crippen molar-refractivity contribution in [1.82, 2.24) is 4.57 Å². The molecule has 45 heavy (non-hydrogen) atoms. The van der Waals surface area contributed by atoms with Crippen LogP contribution in [-0.4, -0.2) is 18.7 Å². The monoisotopic (exact) mass is 654 g/mol. The van der Waals surface area contributed by atoms with Crippen LogP contribution in [0, 0.1) is 23.0 Å². The molecule has 0 spiro atoms. The summed E-state index contributed by atoms with van der Waals surface area (Å²) in [7, 11) is -4.08. The Kier molecular flexibility index (Phi) is 9.25. The van der Waals surface area contributed by atoms with E-state index in [0.29, 0.717) is 29.2 Å². The summed E-state index contributed by atoms with van der Waals surface area (Å²) in [5.41, 5.74) is -6.31. The second-order valence-electron chi connectivity index (χ2n) is 10.0. The molecule has 0 saturated carbocycles. The van der Waals surface area contributed by atoms with E-state index in [-0.39, 0.29) is 34.4 Å². The number of benzene rings is 3. The smallest absolute Gasteiger partial charge is 0.303 e. The summed E-state index contributed by atoms with van der Waals surface area (Å²) in [5.74, 6) is -2.42. The number of sulfone groups is 1. The van der Waals surface area contributed by atoms with E-state index in [9.17, 15) is 53.6 Å². The van der Waals surface area contributed by atoms with Crippen molar-refractivity contribution in [1.29, 1.82) is 5.26 Å². The van der Waals surface area contributed by atoms with Gasteiger partial charge in [0.05, 0.1) is 34.0 Å². The SMILES string of the molecule is CCCCS(=O)(=O)c1cc(-c2ccc(-c3cc(C(F)(F)F)c(C#N)c(=O)n3Cc3ccc(F)cc3F)cc2)cc(C(F)(F)F)c1. The van der Waals surface area contributed by atoms with E-state index in [1.54, 1.807) is 6.92 Å². The predicted octanol–water partition coefficient (Wildman–Crippen LogP) is 7.99. The summed E-state index contributed by atoms with van der Waals surface area (Å²) >= 11 is 0. The summed E-state index contributed by atoms with van der Waals surface area (Å²) in [5, 5.41) is 9.37. The number of nitrogens with zero attached hydrogens (tertiary/aromatic N) is 2. The summed E-state index contributed by atoms with van der Waals surface area (Å²) in [6.07, 6.45) is -9.34. The third kappa shape index (κ3) is 7.25. The number of hydrogen-bond acceptors (Lipinski definition) is 4. The van der Waals surface area contributed by atoms with Crippen molar-refractivity contribution in [2.45, 2.75) is 43.6 Å². The maximum atomic E-state index is 14.5. The fraction of sp³-hybridized carbons (Fsp3) is 0.226. The van der Waals surface area contributed by atoms with Crippen LogP contribution in [0.2, 0.25) is 0 Å². The molecule has 4 rings (SSSR count). The minimum Gasteiger partial charge on any atom is -0.303 e. The number of nitriles is 1. The Hall–Kier alpha value is -4.51. The van der Waals surface area contributed by atoms with Gasteiger partial charge in [-0.2, -0.15) is 31.6 Å². The van der Waals surface area contributed by atoms with E-state index in [4.69, 9.17) is 0 Å². The molecule has 236 valence electrons. The average molecular weight is 655 g/mol. The normalized spacial score (nSPS) is 12.3. The first-order valence-corrected chi connectivity index (χ1v) is 14.9. The fourth-order valence-electron chi connectivity index (χ4n) is 4.59. The van der Waals surface area contributed by atoms with Crippen LogP contribution in [-0.2, 0) is 28.7 Å². The van der Waals surface area contributed by atoms with E-state index in [1.807, 2.05) is 0 Å². The molecule has 3 aromatic carbocycles. The largest absolute Gasteiger partial charge is 0.417 e. The van der Waals surface area contributed by atoms with Gasteiger partial charge in [-0.1, -0.05) is 43.7 Å². The predicted molar refractivity (Wildman–Crippen MR) is 149 cm³/mol. The number of halogens is 8. The van der Waals surface area contributed by atoms with E-state index in [2.05, 4.69) is 0 Å². The Morgan fingerprint density at radius 2 is 1.47 bits per heavy atom. The number of hydrogen-bond donors (Lipinski definition) is 0. The first-order valence-electron chi connectivity index (χ1n) is 13.2. The fourth-order valence-corrected chi connectivity index (χ4v) is 6.11. The van der Waals surface area contributed by atoms with Crippen LogP contribution in [0.5, 0.6) is 0 Å². The highest BCUT2D eigenvalue weighted by molar-refractivity contribution is 7.91. The van der Waals surface area contributed by atoms with Crippen LogP contribution >= 0.6 is 0 Å². The molecule has 4 aromatic rings. The molecular formula is C31H22F8N2O3S. The zero-order valence-corrected chi connectivity index (χ0v) is 24.0. The van der Waals surface area contributed by atoms with Crippen molar-refractivity contribution < 1.29 is 43.5 Å². The molecule has 0 radical (unpaired) electrons. The lowest BCUT2D eigenvalue weighted by Crippen LogP contribution is -2.29. The van der Waals surface area contributed by atoms with Gasteiger partial charge in [0.25, 0.3) is 5.56 Å². The van der Waals surface area contributed by atoms with Crippen molar-refractivity contribution in [2.75, 3.05) is 5.75 Å². The zero-order chi connectivity index (χ0) is 33.3. The van der Waals surface area contributed by atoms with Crippen LogP contribution in [0.15, 0.2) is 76.4 Å². The Balaban J connectivity index is 1.90. The van der Waals surface area contributed by atoms with E-state index in [0.717, 1.165) is 24.3 Å². The van der Waals surface area contributed by atoms with Crippen molar-refractivity contribution in [3.05, 3.63) is 111 Å². The Morgan fingerprint density at radius 3 is 2.02 bits per heavy atom. The average Bonchev–Trinajstić information content (AvgIpc) is 2.97. The van der Waals surface area contributed by atoms with Gasteiger partial charge < -0.3 is 4.57 Å². The highest BCUT2D eigenvalue weighted by Gasteiger charge is 2.37. The number of pyridine rings is 1. The molecule has 0 atom stereocenters. The quantitative estimate of drug-likeness (QED) is 0.181. The minimum atomic E-state index is -5.14. The third-order valence-electron chi connectivity index (χ3n) is 6.93. The topological polar surface area (TPSA) is 79.9 Å². The molecule has 0 unspecified atom stereocenters. The number of aromatic nitrogens is 1. The van der Waals surface area contributed by atoms with Crippen LogP contribution in [0.1, 0.15) is 42.0 Å². The van der Waals surface area contributed by atoms with Crippen LogP contribution < -0.4 is 5.56 Å². The van der Waals surface area contributed by atoms with Gasteiger partial charge in [-0.3, -0.25) is 4.79 Å². The molecule has 1 heterocycles. The first-order chi connectivity index (χ1) is 21.0. The Labute approximate surface area is 251 Å². The van der Waals surface area contributed by atoms with Gasteiger partial charge in [-0.05, 0) is 53.4 Å². The lowest BCUT2D eigenvalue weighted by Gasteiger charge is -2.18. The van der Waals surface area contributed by atoms with Crippen LogP contribution in [0.4, 0.5) is 35.1 Å². The molecule has 5 nitrogen and oxygen atoms in total. The molecule has 0 aliphatic carbocycles. The van der Waals surface area contributed by atoms with Crippen molar-refractivity contribution in [3.63, 3.8) is 0 Å². The Morgan fingerprint density at radius 1 is 0.822 bits per heavy atom. The highest BCUT2D eigenvalue weighted by Crippen LogP contribution is 2.37. The van der Waals surface area contributed by atoms with E-state index < -0.39 is 73.2 Å². The molecule has 0 saturated heterocycles. The standard InChI is InChI=1S/C31H22F8N2O3S/c1-2-3-10-45(43,44)24-12-21(11-22(13-24)30(34,35)36)18-4-6-19(7-5-18)28-15-26(31(37,38)39)25(16-40)29(42)41(28)17-20-8-9-23(32)14-27(20)33/h4-9,11-15H,2-3,10,17H2,1H3. The van der Waals surface area contributed by atoms with Gasteiger partial charge >= 0.3 is 12.4 Å². The number of alkyl halides is 6. The van der Waals surface area contributed by atoms with Crippen LogP contribution in [0.3, 0.4) is 0 Å². The molecule has 0 bridgehead atoms. The van der Waals surface area contributed by atoms with Gasteiger partial charge in [0.15, 0.2) is 9.84 Å². The first kappa shape index (κ1) is 33.4. The summed E-state index contributed by atoms with van der Waals surface area (Å²) in [6, 6.07) is 11.2. The maximum absolute atomic E-state index is 14.5. The minimum absolute atomic E-state index is 0.0694.